The van der Waals surface area contributed by atoms with E-state index in [0.717, 1.165) is 28.6 Å². The van der Waals surface area contributed by atoms with Gasteiger partial charge in [0.25, 0.3) is 5.91 Å². The Labute approximate surface area is 175 Å². The summed E-state index contributed by atoms with van der Waals surface area (Å²) >= 11 is 0. The van der Waals surface area contributed by atoms with E-state index in [4.69, 9.17) is 0 Å². The lowest BCUT2D eigenvalue weighted by atomic mass is 10.0. The number of hydrogen-bond acceptors (Lipinski definition) is 1. The summed E-state index contributed by atoms with van der Waals surface area (Å²) in [4.78, 5) is 15.2. The molecule has 3 nitrogen and oxygen atoms in total. The molecule has 0 bridgehead atoms. The van der Waals surface area contributed by atoms with Gasteiger partial charge >= 0.3 is 0 Å². The van der Waals surface area contributed by atoms with E-state index in [-0.39, 0.29) is 5.91 Å². The van der Waals surface area contributed by atoms with E-state index in [1.807, 2.05) is 46.0 Å². The van der Waals surface area contributed by atoms with Crippen molar-refractivity contribution < 1.29 is 4.79 Å². The smallest absolute Gasteiger partial charge is 0.300 e. The predicted octanol–water partition coefficient (Wildman–Crippen LogP) is 4.57. The zero-order chi connectivity index (χ0) is 21.8. The van der Waals surface area contributed by atoms with Gasteiger partial charge in [-0.05, 0) is 75.8 Å². The summed E-state index contributed by atoms with van der Waals surface area (Å²) in [5.41, 5.74) is 5.35. The lowest BCUT2D eigenvalue weighted by Crippen LogP contribution is -2.24. The van der Waals surface area contributed by atoms with Gasteiger partial charge in [0.1, 0.15) is 0 Å². The maximum Gasteiger partial charge on any atom is 0.300 e. The molecule has 0 atom stereocenters. The Kier molecular flexibility index (Phi) is 10.3. The number of H-pyrrole nitrogens is 1. The molecule has 0 radical (unpaired) electrons. The van der Waals surface area contributed by atoms with E-state index in [9.17, 15) is 4.79 Å². The minimum absolute atomic E-state index is 0.279. The highest BCUT2D eigenvalue weighted by atomic mass is 16.1. The SMILES string of the molecule is C/C=C(\C=c1\c(C)c[nH]\c1=C/CC)C(/C)=C/C=C\C(NC(=O)C#CCC)=C(C)C. The Morgan fingerprint density at radius 3 is 2.55 bits per heavy atom. The number of allylic oxidation sites excluding steroid dienone is 7. The molecule has 2 N–H and O–H groups in total. The molecule has 3 heteroatoms. The number of carbonyl (C=O) groups is 1. The summed E-state index contributed by atoms with van der Waals surface area (Å²) < 4.78 is 0. The molecule has 29 heavy (non-hydrogen) atoms. The van der Waals surface area contributed by atoms with Gasteiger partial charge in [0, 0.05) is 28.9 Å². The topological polar surface area (TPSA) is 44.9 Å². The summed E-state index contributed by atoms with van der Waals surface area (Å²) in [6.45, 7) is 14.3. The van der Waals surface area contributed by atoms with Gasteiger partial charge in [-0.3, -0.25) is 4.79 Å². The molecule has 1 amide bonds. The van der Waals surface area contributed by atoms with Crippen LogP contribution in [0.25, 0.3) is 12.2 Å². The summed E-state index contributed by atoms with van der Waals surface area (Å²) in [6, 6.07) is 0. The number of aryl methyl sites for hydroxylation is 1. The monoisotopic (exact) mass is 390 g/mol. The van der Waals surface area contributed by atoms with E-state index in [0.29, 0.717) is 6.42 Å². The third-order valence-corrected chi connectivity index (χ3v) is 4.41. The second kappa shape index (κ2) is 12.5. The van der Waals surface area contributed by atoms with Gasteiger partial charge in [0.15, 0.2) is 0 Å². The predicted molar refractivity (Wildman–Crippen MR) is 125 cm³/mol. The Morgan fingerprint density at radius 2 is 1.97 bits per heavy atom. The normalized spacial score (nSPS) is 13.5. The van der Waals surface area contributed by atoms with Crippen LogP contribution in [0.1, 0.15) is 59.9 Å². The second-order valence-corrected chi connectivity index (χ2v) is 7.03. The Hall–Kier alpha value is -2.99. The van der Waals surface area contributed by atoms with Crippen LogP contribution in [0.15, 0.2) is 52.9 Å². The molecule has 0 aromatic carbocycles. The van der Waals surface area contributed by atoms with Crippen molar-refractivity contribution in [1.82, 2.24) is 10.3 Å². The van der Waals surface area contributed by atoms with Gasteiger partial charge in [-0.1, -0.05) is 49.6 Å². The van der Waals surface area contributed by atoms with Crippen molar-refractivity contribution in [3.63, 3.8) is 0 Å². The van der Waals surface area contributed by atoms with Crippen LogP contribution >= 0.6 is 0 Å². The summed E-state index contributed by atoms with van der Waals surface area (Å²) in [5, 5.41) is 5.24. The molecule has 0 fully saturated rings. The zero-order valence-corrected chi connectivity index (χ0v) is 18.9. The highest BCUT2D eigenvalue weighted by Crippen LogP contribution is 2.12. The number of hydrogen-bond donors (Lipinski definition) is 2. The van der Waals surface area contributed by atoms with Crippen LogP contribution < -0.4 is 15.9 Å². The van der Waals surface area contributed by atoms with Gasteiger partial charge in [-0.2, -0.15) is 0 Å². The molecule has 0 unspecified atom stereocenters. The molecule has 1 aromatic rings. The van der Waals surface area contributed by atoms with Crippen molar-refractivity contribution in [3.05, 3.63) is 69.0 Å². The molecule has 0 saturated heterocycles. The molecule has 0 aliphatic carbocycles. The lowest BCUT2D eigenvalue weighted by molar-refractivity contribution is -0.115. The highest BCUT2D eigenvalue weighted by molar-refractivity contribution is 5.94. The molecular formula is C26H34N2O. The molecule has 154 valence electrons. The van der Waals surface area contributed by atoms with E-state index in [2.05, 4.69) is 67.2 Å². The van der Waals surface area contributed by atoms with E-state index in [1.165, 1.54) is 16.4 Å². The lowest BCUT2D eigenvalue weighted by Gasteiger charge is -2.05. The Morgan fingerprint density at radius 1 is 1.24 bits per heavy atom. The summed E-state index contributed by atoms with van der Waals surface area (Å²) in [7, 11) is 0. The van der Waals surface area contributed by atoms with Crippen LogP contribution in [0.3, 0.4) is 0 Å². The molecule has 0 aliphatic heterocycles. The van der Waals surface area contributed by atoms with Crippen molar-refractivity contribution in [2.45, 2.75) is 61.3 Å². The van der Waals surface area contributed by atoms with Gasteiger partial charge < -0.3 is 10.3 Å². The van der Waals surface area contributed by atoms with Crippen LogP contribution in [0, 0.1) is 18.8 Å². The number of nitrogens with one attached hydrogen (secondary N) is 2. The molecule has 1 heterocycles. The number of rotatable bonds is 6. The van der Waals surface area contributed by atoms with Crippen LogP contribution in [-0.2, 0) is 4.79 Å². The second-order valence-electron chi connectivity index (χ2n) is 7.03. The molecule has 0 aliphatic rings. The van der Waals surface area contributed by atoms with Crippen LogP contribution in [0.4, 0.5) is 0 Å². The van der Waals surface area contributed by atoms with Crippen molar-refractivity contribution in [2.75, 3.05) is 0 Å². The highest BCUT2D eigenvalue weighted by Gasteiger charge is 2.01. The van der Waals surface area contributed by atoms with Crippen molar-refractivity contribution in [3.8, 4) is 11.8 Å². The number of carbonyl (C=O) groups excluding carboxylic acids is 1. The van der Waals surface area contributed by atoms with Crippen molar-refractivity contribution in [1.29, 1.82) is 0 Å². The standard InChI is InChI=1S/C26H34N2O/c1-8-11-16-26(29)28-24(19(4)5)15-12-14-20(6)22(10-3)17-23-21(7)18-27-25(23)13-9-2/h10,12-15,17-18,27H,8-9H2,1-7H3,(H,28,29)/b15-12-,20-14+,22-10+,23-17-,25-13-. The molecule has 1 aromatic heterocycles. The minimum atomic E-state index is -0.279. The summed E-state index contributed by atoms with van der Waals surface area (Å²) in [6.07, 6.45) is 16.2. The van der Waals surface area contributed by atoms with Crippen LogP contribution in [0.5, 0.6) is 0 Å². The fraction of sp³-hybridized carbons (Fsp3) is 0.346. The minimum Gasteiger partial charge on any atom is -0.361 e. The average molecular weight is 391 g/mol. The third kappa shape index (κ3) is 7.87. The Bertz CT molecular complexity index is 1010. The van der Waals surface area contributed by atoms with Gasteiger partial charge in [-0.15, -0.1) is 0 Å². The van der Waals surface area contributed by atoms with E-state index >= 15 is 0 Å². The molecule has 1 rings (SSSR count). The first kappa shape index (κ1) is 24.0. The van der Waals surface area contributed by atoms with Crippen molar-refractivity contribution in [2.24, 2.45) is 0 Å². The maximum atomic E-state index is 11.9. The largest absolute Gasteiger partial charge is 0.361 e. The first-order valence-corrected chi connectivity index (χ1v) is 10.2. The number of amides is 1. The zero-order valence-electron chi connectivity index (χ0n) is 18.9. The Balaban J connectivity index is 3.13. The number of aromatic amines is 1. The molecule has 0 spiro atoms. The van der Waals surface area contributed by atoms with E-state index in [1.54, 1.807) is 0 Å². The van der Waals surface area contributed by atoms with Crippen LogP contribution in [-0.4, -0.2) is 10.9 Å². The quantitative estimate of drug-likeness (QED) is 0.542. The summed E-state index contributed by atoms with van der Waals surface area (Å²) in [5.74, 6) is 5.10. The van der Waals surface area contributed by atoms with Crippen LogP contribution in [0.2, 0.25) is 0 Å². The first-order chi connectivity index (χ1) is 13.8. The fourth-order valence-electron chi connectivity index (χ4n) is 2.74. The first-order valence-electron chi connectivity index (χ1n) is 10.2. The van der Waals surface area contributed by atoms with Gasteiger partial charge in [0.2, 0.25) is 0 Å². The van der Waals surface area contributed by atoms with Gasteiger partial charge in [0.05, 0.1) is 0 Å². The van der Waals surface area contributed by atoms with E-state index < -0.39 is 0 Å². The maximum absolute atomic E-state index is 11.9. The fourth-order valence-corrected chi connectivity index (χ4v) is 2.74. The number of aromatic nitrogens is 1. The third-order valence-electron chi connectivity index (χ3n) is 4.41. The van der Waals surface area contributed by atoms with Crippen molar-refractivity contribution >= 4 is 18.1 Å². The average Bonchev–Trinajstić information content (AvgIpc) is 3.02. The molecular weight excluding hydrogens is 356 g/mol. The molecule has 0 saturated carbocycles. The van der Waals surface area contributed by atoms with Gasteiger partial charge in [-0.25, -0.2) is 0 Å².